The third kappa shape index (κ3) is 2.72. The molecule has 104 valence electrons. The lowest BCUT2D eigenvalue weighted by molar-refractivity contribution is 0.134. The molecule has 1 aliphatic heterocycles. The number of nitrogens with two attached hydrogens (primary N) is 1. The fraction of sp³-hybridized carbons (Fsp3) is 0.333. The van der Waals surface area contributed by atoms with Crippen LogP contribution in [0.1, 0.15) is 18.0 Å². The average Bonchev–Trinajstić information content (AvgIpc) is 2.74. The molecule has 3 rings (SSSR count). The molecular weight excluding hydrogens is 252 g/mol. The van der Waals surface area contributed by atoms with Gasteiger partial charge in [-0.25, -0.2) is 4.98 Å². The summed E-state index contributed by atoms with van der Waals surface area (Å²) in [7, 11) is 0. The summed E-state index contributed by atoms with van der Waals surface area (Å²) in [4.78, 5) is 10.6. The molecule has 0 radical (unpaired) electrons. The summed E-state index contributed by atoms with van der Waals surface area (Å²) >= 11 is 0. The quantitative estimate of drug-likeness (QED) is 0.904. The molecule has 20 heavy (non-hydrogen) atoms. The highest BCUT2D eigenvalue weighted by Crippen LogP contribution is 2.28. The van der Waals surface area contributed by atoms with Gasteiger partial charge in [0.15, 0.2) is 0 Å². The van der Waals surface area contributed by atoms with E-state index in [1.54, 1.807) is 6.20 Å². The van der Waals surface area contributed by atoms with E-state index < -0.39 is 0 Å². The first-order valence-corrected chi connectivity index (χ1v) is 6.82. The van der Waals surface area contributed by atoms with E-state index in [4.69, 9.17) is 10.5 Å². The van der Waals surface area contributed by atoms with Crippen molar-refractivity contribution in [2.75, 3.05) is 30.4 Å². The zero-order chi connectivity index (χ0) is 13.8. The van der Waals surface area contributed by atoms with Crippen molar-refractivity contribution in [3.05, 3.63) is 48.2 Å². The van der Waals surface area contributed by atoms with Crippen molar-refractivity contribution in [1.29, 1.82) is 0 Å². The summed E-state index contributed by atoms with van der Waals surface area (Å²) in [5.74, 6) is 1.16. The van der Waals surface area contributed by atoms with Gasteiger partial charge in [0.1, 0.15) is 5.82 Å². The lowest BCUT2D eigenvalue weighted by atomic mass is 10.1. The second-order valence-electron chi connectivity index (χ2n) is 4.82. The van der Waals surface area contributed by atoms with Gasteiger partial charge in [-0.2, -0.15) is 4.98 Å². The molecule has 1 atom stereocenters. The SMILES string of the molecule is Nc1nccc(N2CCCOC[C@H]2c2ccccc2)n1. The number of anilines is 2. The second-order valence-corrected chi connectivity index (χ2v) is 4.82. The Morgan fingerprint density at radius 3 is 2.85 bits per heavy atom. The van der Waals surface area contributed by atoms with Crippen LogP contribution in [0.4, 0.5) is 11.8 Å². The molecule has 0 bridgehead atoms. The first-order chi connectivity index (χ1) is 9.84. The third-order valence-corrected chi connectivity index (χ3v) is 3.48. The summed E-state index contributed by atoms with van der Waals surface area (Å²) in [5, 5.41) is 0. The highest BCUT2D eigenvalue weighted by Gasteiger charge is 2.24. The lowest BCUT2D eigenvalue weighted by Crippen LogP contribution is -2.31. The van der Waals surface area contributed by atoms with Crippen LogP contribution in [0.2, 0.25) is 0 Å². The molecule has 5 nitrogen and oxygen atoms in total. The van der Waals surface area contributed by atoms with Crippen LogP contribution in [0.3, 0.4) is 0 Å². The highest BCUT2D eigenvalue weighted by molar-refractivity contribution is 5.44. The van der Waals surface area contributed by atoms with Gasteiger partial charge >= 0.3 is 0 Å². The fourth-order valence-electron chi connectivity index (χ4n) is 2.53. The Hall–Kier alpha value is -2.14. The van der Waals surface area contributed by atoms with E-state index in [2.05, 4.69) is 27.0 Å². The maximum absolute atomic E-state index is 5.73. The van der Waals surface area contributed by atoms with Gasteiger partial charge in [0.05, 0.1) is 12.6 Å². The van der Waals surface area contributed by atoms with E-state index >= 15 is 0 Å². The molecule has 1 aromatic carbocycles. The Labute approximate surface area is 118 Å². The molecule has 2 N–H and O–H groups in total. The number of ether oxygens (including phenoxy) is 1. The van der Waals surface area contributed by atoms with Gasteiger partial charge in [-0.1, -0.05) is 30.3 Å². The van der Waals surface area contributed by atoms with Crippen molar-refractivity contribution in [3.63, 3.8) is 0 Å². The predicted molar refractivity (Wildman–Crippen MR) is 78.4 cm³/mol. The molecule has 0 amide bonds. The minimum Gasteiger partial charge on any atom is -0.379 e. The van der Waals surface area contributed by atoms with Gasteiger partial charge in [-0.15, -0.1) is 0 Å². The molecule has 1 saturated heterocycles. The van der Waals surface area contributed by atoms with Crippen LogP contribution in [0.25, 0.3) is 0 Å². The standard InChI is InChI=1S/C15H18N4O/c16-15-17-8-7-14(18-15)19-9-4-10-20-11-13(19)12-5-2-1-3-6-12/h1-3,5-8,13H,4,9-11H2,(H2,16,17,18)/t13-/m0/s1. The maximum atomic E-state index is 5.73. The average molecular weight is 270 g/mol. The number of rotatable bonds is 2. The van der Waals surface area contributed by atoms with E-state index in [0.29, 0.717) is 12.6 Å². The molecule has 0 saturated carbocycles. The van der Waals surface area contributed by atoms with Gasteiger partial charge in [0.25, 0.3) is 0 Å². The smallest absolute Gasteiger partial charge is 0.221 e. The molecular formula is C15H18N4O. The summed E-state index contributed by atoms with van der Waals surface area (Å²) < 4.78 is 5.73. The van der Waals surface area contributed by atoms with Crippen LogP contribution in [0.15, 0.2) is 42.6 Å². The number of aromatic nitrogens is 2. The molecule has 1 fully saturated rings. The van der Waals surface area contributed by atoms with Crippen LogP contribution in [0, 0.1) is 0 Å². The first-order valence-electron chi connectivity index (χ1n) is 6.82. The van der Waals surface area contributed by atoms with Crippen LogP contribution >= 0.6 is 0 Å². The van der Waals surface area contributed by atoms with Gasteiger partial charge in [-0.05, 0) is 18.1 Å². The monoisotopic (exact) mass is 270 g/mol. The zero-order valence-corrected chi connectivity index (χ0v) is 11.3. The molecule has 0 unspecified atom stereocenters. The maximum Gasteiger partial charge on any atom is 0.221 e. The summed E-state index contributed by atoms with van der Waals surface area (Å²) in [6.45, 7) is 2.34. The Morgan fingerprint density at radius 1 is 1.20 bits per heavy atom. The molecule has 1 aliphatic rings. The fourth-order valence-corrected chi connectivity index (χ4v) is 2.53. The summed E-state index contributed by atoms with van der Waals surface area (Å²) in [5.41, 5.74) is 6.94. The molecule has 0 aliphatic carbocycles. The molecule has 5 heteroatoms. The molecule has 2 heterocycles. The van der Waals surface area contributed by atoms with Crippen molar-refractivity contribution < 1.29 is 4.74 Å². The summed E-state index contributed by atoms with van der Waals surface area (Å²) in [6.07, 6.45) is 2.68. The van der Waals surface area contributed by atoms with E-state index in [1.807, 2.05) is 24.3 Å². The van der Waals surface area contributed by atoms with Crippen molar-refractivity contribution in [3.8, 4) is 0 Å². The lowest BCUT2D eigenvalue weighted by Gasteiger charge is -2.30. The summed E-state index contributed by atoms with van der Waals surface area (Å²) in [6, 6.07) is 12.4. The predicted octanol–water partition coefficient (Wildman–Crippen LogP) is 2.03. The number of benzene rings is 1. The Kier molecular flexibility index (Phi) is 3.78. The van der Waals surface area contributed by atoms with Gasteiger partial charge in [0, 0.05) is 19.3 Å². The first kappa shape index (κ1) is 12.9. The third-order valence-electron chi connectivity index (χ3n) is 3.48. The van der Waals surface area contributed by atoms with Crippen LogP contribution in [0.5, 0.6) is 0 Å². The normalized spacial score (nSPS) is 19.6. The Bertz CT molecular complexity index is 561. The Morgan fingerprint density at radius 2 is 2.05 bits per heavy atom. The van der Waals surface area contributed by atoms with Gasteiger partial charge < -0.3 is 15.4 Å². The highest BCUT2D eigenvalue weighted by atomic mass is 16.5. The number of nitrogen functional groups attached to an aromatic ring is 1. The largest absolute Gasteiger partial charge is 0.379 e. The van der Waals surface area contributed by atoms with Gasteiger partial charge in [0.2, 0.25) is 5.95 Å². The van der Waals surface area contributed by atoms with Crippen molar-refractivity contribution >= 4 is 11.8 Å². The van der Waals surface area contributed by atoms with Crippen molar-refractivity contribution in [2.45, 2.75) is 12.5 Å². The van der Waals surface area contributed by atoms with E-state index in [0.717, 1.165) is 25.4 Å². The van der Waals surface area contributed by atoms with Crippen LogP contribution in [-0.2, 0) is 4.74 Å². The second kappa shape index (κ2) is 5.88. The number of nitrogens with zero attached hydrogens (tertiary/aromatic N) is 3. The molecule has 1 aromatic heterocycles. The topological polar surface area (TPSA) is 64.3 Å². The number of hydrogen-bond donors (Lipinski definition) is 1. The van der Waals surface area contributed by atoms with Crippen molar-refractivity contribution in [1.82, 2.24) is 9.97 Å². The number of hydrogen-bond acceptors (Lipinski definition) is 5. The molecule has 2 aromatic rings. The van der Waals surface area contributed by atoms with Crippen LogP contribution < -0.4 is 10.6 Å². The molecule has 0 spiro atoms. The van der Waals surface area contributed by atoms with E-state index in [9.17, 15) is 0 Å². The van der Waals surface area contributed by atoms with Gasteiger partial charge in [-0.3, -0.25) is 0 Å². The van der Waals surface area contributed by atoms with Crippen molar-refractivity contribution in [2.24, 2.45) is 0 Å². The van der Waals surface area contributed by atoms with Crippen LogP contribution in [-0.4, -0.2) is 29.7 Å². The minimum atomic E-state index is 0.160. The Balaban J connectivity index is 1.96. The van der Waals surface area contributed by atoms with E-state index in [1.165, 1.54) is 5.56 Å². The van der Waals surface area contributed by atoms with E-state index in [-0.39, 0.29) is 6.04 Å². The minimum absolute atomic E-state index is 0.160. The zero-order valence-electron chi connectivity index (χ0n) is 11.3.